The Bertz CT molecular complexity index is 1150. The summed E-state index contributed by atoms with van der Waals surface area (Å²) >= 11 is 0. The van der Waals surface area contributed by atoms with Crippen LogP contribution in [0.15, 0.2) is 47.0 Å². The molecule has 3 aromatic rings. The normalized spacial score (nSPS) is 12.1. The summed E-state index contributed by atoms with van der Waals surface area (Å²) in [5.74, 6) is 0.213. The Kier molecular flexibility index (Phi) is 7.55. The fraction of sp³-hybridized carbons (Fsp3) is 0.360. The van der Waals surface area contributed by atoms with Gasteiger partial charge in [-0.15, -0.1) is 0 Å². The highest BCUT2D eigenvalue weighted by Crippen LogP contribution is 2.39. The van der Waals surface area contributed by atoms with Crippen LogP contribution in [-0.2, 0) is 20.9 Å². The maximum Gasteiger partial charge on any atom is 0.303 e. The van der Waals surface area contributed by atoms with E-state index in [-0.39, 0.29) is 12.4 Å². The molecule has 2 aromatic carbocycles. The van der Waals surface area contributed by atoms with Gasteiger partial charge in [-0.05, 0) is 38.5 Å². The quantitative estimate of drug-likeness (QED) is 0.492. The molecular formula is C25H29N3O6. The molecule has 9 nitrogen and oxygen atoms in total. The van der Waals surface area contributed by atoms with Gasteiger partial charge in [-0.3, -0.25) is 9.59 Å². The molecule has 0 fully saturated rings. The summed E-state index contributed by atoms with van der Waals surface area (Å²) in [5.41, 5.74) is 1.14. The summed E-state index contributed by atoms with van der Waals surface area (Å²) in [6.45, 7) is 8.67. The molecule has 3 rings (SSSR count). The molecule has 1 heterocycles. The van der Waals surface area contributed by atoms with Gasteiger partial charge in [0.15, 0.2) is 11.5 Å². The van der Waals surface area contributed by atoms with Gasteiger partial charge >= 0.3 is 5.97 Å². The van der Waals surface area contributed by atoms with Crippen LogP contribution in [0.4, 0.5) is 0 Å². The molecule has 0 aliphatic heterocycles. The minimum Gasteiger partial charge on any atom is -0.493 e. The van der Waals surface area contributed by atoms with E-state index in [2.05, 4.69) is 15.5 Å². The number of benzene rings is 2. The number of ether oxygens (including phenoxy) is 3. The van der Waals surface area contributed by atoms with E-state index in [1.165, 1.54) is 14.0 Å². The molecule has 1 N–H and O–H groups in total. The van der Waals surface area contributed by atoms with Crippen molar-refractivity contribution in [2.24, 2.45) is 0 Å². The zero-order valence-corrected chi connectivity index (χ0v) is 20.2. The second-order valence-electron chi connectivity index (χ2n) is 8.73. The Morgan fingerprint density at radius 3 is 2.38 bits per heavy atom. The molecule has 180 valence electrons. The molecule has 0 aliphatic carbocycles. The van der Waals surface area contributed by atoms with Crippen molar-refractivity contribution in [1.82, 2.24) is 15.5 Å². The second kappa shape index (κ2) is 10.4. The lowest BCUT2D eigenvalue weighted by Crippen LogP contribution is -2.44. The van der Waals surface area contributed by atoms with E-state index >= 15 is 0 Å². The first-order chi connectivity index (χ1) is 16.1. The van der Waals surface area contributed by atoms with Crippen LogP contribution in [0.3, 0.4) is 0 Å². The fourth-order valence-corrected chi connectivity index (χ4v) is 3.26. The molecule has 34 heavy (non-hydrogen) atoms. The van der Waals surface area contributed by atoms with Gasteiger partial charge in [0.1, 0.15) is 6.61 Å². The van der Waals surface area contributed by atoms with Crippen molar-refractivity contribution in [1.29, 1.82) is 0 Å². The van der Waals surface area contributed by atoms with Gasteiger partial charge in [0.05, 0.1) is 7.11 Å². The molecule has 0 radical (unpaired) electrons. The second-order valence-corrected chi connectivity index (χ2v) is 8.73. The first-order valence-corrected chi connectivity index (χ1v) is 10.8. The molecule has 0 spiro atoms. The highest BCUT2D eigenvalue weighted by molar-refractivity contribution is 5.88. The maximum absolute atomic E-state index is 13.2. The molecule has 1 atom stereocenters. The van der Waals surface area contributed by atoms with E-state index in [4.69, 9.17) is 18.7 Å². The topological polar surface area (TPSA) is 113 Å². The highest BCUT2D eigenvalue weighted by Gasteiger charge is 2.32. The lowest BCUT2D eigenvalue weighted by Gasteiger charge is -2.26. The maximum atomic E-state index is 13.2. The molecule has 1 unspecified atom stereocenters. The van der Waals surface area contributed by atoms with Gasteiger partial charge in [0, 0.05) is 30.5 Å². The van der Waals surface area contributed by atoms with Crippen molar-refractivity contribution >= 4 is 11.9 Å². The summed E-state index contributed by atoms with van der Waals surface area (Å²) in [4.78, 5) is 29.5. The predicted molar refractivity (Wildman–Crippen MR) is 124 cm³/mol. The minimum atomic E-state index is -1.28. The van der Waals surface area contributed by atoms with E-state index < -0.39 is 23.5 Å². The molecule has 0 saturated carbocycles. The number of aryl methyl sites for hydroxylation is 1. The summed E-state index contributed by atoms with van der Waals surface area (Å²) in [5, 5.41) is 6.85. The number of aromatic nitrogens is 2. The van der Waals surface area contributed by atoms with E-state index in [1.54, 1.807) is 19.1 Å². The molecule has 0 saturated heterocycles. The van der Waals surface area contributed by atoms with Crippen LogP contribution in [0.2, 0.25) is 0 Å². The molecule has 1 amide bonds. The van der Waals surface area contributed by atoms with Crippen LogP contribution >= 0.6 is 0 Å². The average Bonchev–Trinajstić information content (AvgIpc) is 3.21. The minimum absolute atomic E-state index is 0.223. The molecule has 0 aliphatic rings. The van der Waals surface area contributed by atoms with E-state index in [1.807, 2.05) is 51.1 Å². The third-order valence-electron chi connectivity index (χ3n) is 4.64. The molecular weight excluding hydrogens is 438 g/mol. The summed E-state index contributed by atoms with van der Waals surface area (Å²) in [6, 6.07) is 12.9. The van der Waals surface area contributed by atoms with Gasteiger partial charge in [-0.2, -0.15) is 4.98 Å². The third kappa shape index (κ3) is 6.34. The Balaban J connectivity index is 2.12. The number of hydrogen-bond donors (Lipinski definition) is 1. The van der Waals surface area contributed by atoms with Crippen LogP contribution in [-0.4, -0.2) is 34.7 Å². The summed E-state index contributed by atoms with van der Waals surface area (Å²) < 4.78 is 22.2. The fourth-order valence-electron chi connectivity index (χ4n) is 3.26. The van der Waals surface area contributed by atoms with Crippen molar-refractivity contribution in [2.75, 3.05) is 7.11 Å². The van der Waals surface area contributed by atoms with Gasteiger partial charge < -0.3 is 24.1 Å². The van der Waals surface area contributed by atoms with Crippen LogP contribution < -0.4 is 14.8 Å². The highest BCUT2D eigenvalue weighted by atomic mass is 16.5. The van der Waals surface area contributed by atoms with Crippen molar-refractivity contribution in [3.8, 4) is 22.9 Å². The standard InChI is InChI=1S/C25H29N3O6/c1-15-26-23(28-34-15)19-13-20(31-6)21(32-14-17-10-8-7-9-11-17)12-18(19)22(33-16(2)29)24(30)27-25(3,4)5/h7-13,22H,14H2,1-6H3,(H,27,30). The average molecular weight is 468 g/mol. The Morgan fingerprint density at radius 1 is 1.12 bits per heavy atom. The lowest BCUT2D eigenvalue weighted by molar-refractivity contribution is -0.155. The SMILES string of the molecule is COc1cc(-c2noc(C)n2)c(C(OC(C)=O)C(=O)NC(C)(C)C)cc1OCc1ccccc1. The molecule has 0 bridgehead atoms. The van der Waals surface area contributed by atoms with Crippen molar-refractivity contribution in [3.63, 3.8) is 0 Å². The molecule has 1 aromatic heterocycles. The van der Waals surface area contributed by atoms with Gasteiger partial charge in [0.2, 0.25) is 17.8 Å². The summed E-state index contributed by atoms with van der Waals surface area (Å²) in [6.07, 6.45) is -1.28. The number of methoxy groups -OCH3 is 1. The third-order valence-corrected chi connectivity index (χ3v) is 4.64. The summed E-state index contributed by atoms with van der Waals surface area (Å²) in [7, 11) is 1.51. The first-order valence-electron chi connectivity index (χ1n) is 10.8. The largest absolute Gasteiger partial charge is 0.493 e. The Hall–Kier alpha value is -3.88. The number of carbonyl (C=O) groups is 2. The van der Waals surface area contributed by atoms with Crippen LogP contribution in [0, 0.1) is 6.92 Å². The lowest BCUT2D eigenvalue weighted by atomic mass is 9.98. The van der Waals surface area contributed by atoms with E-state index in [0.717, 1.165) is 5.56 Å². The zero-order valence-electron chi connectivity index (χ0n) is 20.2. The number of amides is 1. The monoisotopic (exact) mass is 467 g/mol. The van der Waals surface area contributed by atoms with E-state index in [0.29, 0.717) is 28.5 Å². The van der Waals surface area contributed by atoms with E-state index in [9.17, 15) is 9.59 Å². The molecule has 9 heteroatoms. The number of rotatable bonds is 8. The first kappa shape index (κ1) is 24.8. The number of nitrogens with one attached hydrogen (secondary N) is 1. The van der Waals surface area contributed by atoms with Gasteiger partial charge in [-0.25, -0.2) is 0 Å². The Labute approximate surface area is 198 Å². The predicted octanol–water partition coefficient (Wildman–Crippen LogP) is 4.15. The number of hydrogen-bond acceptors (Lipinski definition) is 8. The van der Waals surface area contributed by atoms with Gasteiger partial charge in [-0.1, -0.05) is 35.5 Å². The number of nitrogens with zero attached hydrogens (tertiary/aromatic N) is 2. The van der Waals surface area contributed by atoms with Crippen molar-refractivity contribution < 1.29 is 28.3 Å². The zero-order chi connectivity index (χ0) is 24.9. The smallest absolute Gasteiger partial charge is 0.303 e. The van der Waals surface area contributed by atoms with Crippen LogP contribution in [0.25, 0.3) is 11.4 Å². The van der Waals surface area contributed by atoms with Crippen LogP contribution in [0.1, 0.15) is 50.8 Å². The van der Waals surface area contributed by atoms with Crippen molar-refractivity contribution in [3.05, 3.63) is 59.5 Å². The number of esters is 1. The Morgan fingerprint density at radius 2 is 1.82 bits per heavy atom. The number of carbonyl (C=O) groups excluding carboxylic acids is 2. The van der Waals surface area contributed by atoms with Gasteiger partial charge in [0.25, 0.3) is 5.91 Å². The van der Waals surface area contributed by atoms with Crippen molar-refractivity contribution in [2.45, 2.75) is 52.9 Å². The van der Waals surface area contributed by atoms with Crippen LogP contribution in [0.5, 0.6) is 11.5 Å².